The number of amides is 1. The van der Waals surface area contributed by atoms with Gasteiger partial charge in [0, 0.05) is 19.3 Å². The highest BCUT2D eigenvalue weighted by atomic mass is 16.2. The van der Waals surface area contributed by atoms with Crippen molar-refractivity contribution in [2.75, 3.05) is 6.54 Å². The summed E-state index contributed by atoms with van der Waals surface area (Å²) in [4.78, 5) is 11.6. The summed E-state index contributed by atoms with van der Waals surface area (Å²) in [6, 6.07) is 2.45. The van der Waals surface area contributed by atoms with Crippen LogP contribution in [0.25, 0.3) is 0 Å². The number of nitrogens with one attached hydrogen (secondary N) is 2. The highest BCUT2D eigenvalue weighted by Gasteiger charge is 2.21. The van der Waals surface area contributed by atoms with E-state index >= 15 is 0 Å². The first-order chi connectivity index (χ1) is 9.24. The molecule has 1 aromatic heterocycles. The molecule has 0 spiro atoms. The largest absolute Gasteiger partial charge is 0.355 e. The van der Waals surface area contributed by atoms with Crippen molar-refractivity contribution in [2.45, 2.75) is 58.2 Å². The van der Waals surface area contributed by atoms with Gasteiger partial charge in [0.1, 0.15) is 0 Å². The quantitative estimate of drug-likeness (QED) is 0.820. The van der Waals surface area contributed by atoms with Gasteiger partial charge in [-0.3, -0.25) is 9.48 Å². The summed E-state index contributed by atoms with van der Waals surface area (Å²) in [6.45, 7) is 5.83. The molecule has 1 aromatic rings. The van der Waals surface area contributed by atoms with Crippen LogP contribution in [0.4, 0.5) is 0 Å². The van der Waals surface area contributed by atoms with Gasteiger partial charge < -0.3 is 10.6 Å². The maximum absolute atomic E-state index is 11.6. The van der Waals surface area contributed by atoms with Gasteiger partial charge in [-0.05, 0) is 31.7 Å². The molecule has 0 aliphatic carbocycles. The summed E-state index contributed by atoms with van der Waals surface area (Å²) in [5.41, 5.74) is 1.00. The van der Waals surface area contributed by atoms with Crippen LogP contribution in [-0.4, -0.2) is 28.3 Å². The molecule has 0 saturated carbocycles. The third kappa shape index (κ3) is 3.56. The monoisotopic (exact) mass is 264 g/mol. The van der Waals surface area contributed by atoms with Crippen molar-refractivity contribution in [3.8, 4) is 0 Å². The highest BCUT2D eigenvalue weighted by Crippen LogP contribution is 2.14. The number of piperidine rings is 1. The molecule has 0 aromatic carbocycles. The van der Waals surface area contributed by atoms with Crippen LogP contribution in [-0.2, 0) is 11.3 Å². The third-order valence-corrected chi connectivity index (χ3v) is 3.80. The van der Waals surface area contributed by atoms with Gasteiger partial charge in [0.2, 0.25) is 5.91 Å². The third-order valence-electron chi connectivity index (χ3n) is 3.80. The van der Waals surface area contributed by atoms with Crippen LogP contribution >= 0.6 is 0 Å². The molecule has 1 saturated heterocycles. The van der Waals surface area contributed by atoms with E-state index < -0.39 is 0 Å². The number of carbonyl (C=O) groups is 1. The summed E-state index contributed by atoms with van der Waals surface area (Å²) in [6.07, 6.45) is 6.19. The Morgan fingerprint density at radius 1 is 1.53 bits per heavy atom. The van der Waals surface area contributed by atoms with Crippen LogP contribution in [0.2, 0.25) is 0 Å². The summed E-state index contributed by atoms with van der Waals surface area (Å²) in [5, 5.41) is 10.8. The Hall–Kier alpha value is -1.36. The van der Waals surface area contributed by atoms with Gasteiger partial charge in [0.05, 0.1) is 17.8 Å². The molecule has 1 fully saturated rings. The van der Waals surface area contributed by atoms with Crippen LogP contribution in [0.3, 0.4) is 0 Å². The van der Waals surface area contributed by atoms with Crippen LogP contribution in [0.15, 0.2) is 12.3 Å². The molecule has 0 bridgehead atoms. The molecule has 1 aliphatic rings. The van der Waals surface area contributed by atoms with Crippen molar-refractivity contribution >= 4 is 5.91 Å². The van der Waals surface area contributed by atoms with Crippen molar-refractivity contribution in [3.05, 3.63) is 18.0 Å². The molecule has 2 heterocycles. The fourth-order valence-corrected chi connectivity index (χ4v) is 2.53. The molecule has 1 amide bonds. The van der Waals surface area contributed by atoms with Gasteiger partial charge in [-0.2, -0.15) is 5.10 Å². The minimum Gasteiger partial charge on any atom is -0.355 e. The van der Waals surface area contributed by atoms with Gasteiger partial charge >= 0.3 is 0 Å². The molecule has 1 aliphatic heterocycles. The van der Waals surface area contributed by atoms with Crippen molar-refractivity contribution < 1.29 is 4.79 Å². The molecule has 19 heavy (non-hydrogen) atoms. The molecule has 106 valence electrons. The number of nitrogens with zero attached hydrogens (tertiary/aromatic N) is 2. The topological polar surface area (TPSA) is 59.0 Å². The Balaban J connectivity index is 1.87. The van der Waals surface area contributed by atoms with Gasteiger partial charge in [-0.25, -0.2) is 0 Å². The lowest BCUT2D eigenvalue weighted by Crippen LogP contribution is -2.47. The van der Waals surface area contributed by atoms with Gasteiger partial charge in [0.25, 0.3) is 0 Å². The second kappa shape index (κ2) is 6.70. The molecule has 2 rings (SSSR count). The summed E-state index contributed by atoms with van der Waals surface area (Å²) in [5.74, 6) is 0.116. The van der Waals surface area contributed by atoms with E-state index in [2.05, 4.69) is 29.6 Å². The Morgan fingerprint density at radius 3 is 3.00 bits per heavy atom. The number of rotatable bonds is 6. The zero-order valence-electron chi connectivity index (χ0n) is 11.9. The predicted molar refractivity (Wildman–Crippen MR) is 74.7 cm³/mol. The molecule has 5 nitrogen and oxygen atoms in total. The highest BCUT2D eigenvalue weighted by molar-refractivity contribution is 5.82. The van der Waals surface area contributed by atoms with Crippen molar-refractivity contribution in [2.24, 2.45) is 0 Å². The van der Waals surface area contributed by atoms with E-state index in [-0.39, 0.29) is 11.9 Å². The maximum Gasteiger partial charge on any atom is 0.237 e. The van der Waals surface area contributed by atoms with Crippen LogP contribution in [0, 0.1) is 0 Å². The Morgan fingerprint density at radius 2 is 2.32 bits per heavy atom. The molecule has 0 radical (unpaired) electrons. The Labute approximate surface area is 114 Å². The van der Waals surface area contributed by atoms with Gasteiger partial charge in [-0.15, -0.1) is 0 Å². The second-order valence-corrected chi connectivity index (χ2v) is 5.12. The second-order valence-electron chi connectivity index (χ2n) is 5.12. The zero-order chi connectivity index (χ0) is 13.7. The molecule has 2 N–H and O–H groups in total. The summed E-state index contributed by atoms with van der Waals surface area (Å²) in [7, 11) is 0. The minimum absolute atomic E-state index is 0.0629. The zero-order valence-corrected chi connectivity index (χ0v) is 11.9. The number of hydrogen-bond acceptors (Lipinski definition) is 3. The summed E-state index contributed by atoms with van der Waals surface area (Å²) < 4.78 is 2.04. The summed E-state index contributed by atoms with van der Waals surface area (Å²) >= 11 is 0. The predicted octanol–water partition coefficient (Wildman–Crippen LogP) is 1.61. The standard InChI is InChI=1S/C14H24N4O/c1-3-12(4-2)18-9-7-11(17-18)10-16-13-6-5-8-15-14(13)19/h7,9,12-13,16H,3-6,8,10H2,1-2H3,(H,15,19). The average Bonchev–Trinajstić information content (AvgIpc) is 2.88. The van der Waals surface area contributed by atoms with E-state index in [4.69, 9.17) is 0 Å². The van der Waals surface area contributed by atoms with E-state index in [1.54, 1.807) is 0 Å². The Kier molecular flexibility index (Phi) is 4.96. The molecular weight excluding hydrogens is 240 g/mol. The van der Waals surface area contributed by atoms with Gasteiger partial charge in [0.15, 0.2) is 0 Å². The van der Waals surface area contributed by atoms with Crippen molar-refractivity contribution in [1.29, 1.82) is 0 Å². The first kappa shape index (κ1) is 14.1. The van der Waals surface area contributed by atoms with Crippen molar-refractivity contribution in [1.82, 2.24) is 20.4 Å². The smallest absolute Gasteiger partial charge is 0.237 e. The van der Waals surface area contributed by atoms with Gasteiger partial charge in [-0.1, -0.05) is 13.8 Å². The molecule has 1 unspecified atom stereocenters. The van der Waals surface area contributed by atoms with E-state index in [9.17, 15) is 4.79 Å². The fraction of sp³-hybridized carbons (Fsp3) is 0.714. The Bertz CT molecular complexity index is 411. The lowest BCUT2D eigenvalue weighted by Gasteiger charge is -2.22. The van der Waals surface area contributed by atoms with Crippen LogP contribution in [0.5, 0.6) is 0 Å². The number of carbonyl (C=O) groups excluding carboxylic acids is 1. The number of hydrogen-bond donors (Lipinski definition) is 2. The minimum atomic E-state index is -0.0629. The van der Waals surface area contributed by atoms with E-state index in [1.165, 1.54) is 0 Å². The van der Waals surface area contributed by atoms with E-state index in [1.807, 2.05) is 16.9 Å². The van der Waals surface area contributed by atoms with E-state index in [0.717, 1.165) is 37.9 Å². The van der Waals surface area contributed by atoms with E-state index in [0.29, 0.717) is 12.6 Å². The lowest BCUT2D eigenvalue weighted by molar-refractivity contribution is -0.124. The average molecular weight is 264 g/mol. The first-order valence-electron chi connectivity index (χ1n) is 7.29. The first-order valence-corrected chi connectivity index (χ1v) is 7.29. The maximum atomic E-state index is 11.6. The fourth-order valence-electron chi connectivity index (χ4n) is 2.53. The molecule has 1 atom stereocenters. The lowest BCUT2D eigenvalue weighted by atomic mass is 10.1. The van der Waals surface area contributed by atoms with Crippen molar-refractivity contribution in [3.63, 3.8) is 0 Å². The van der Waals surface area contributed by atoms with Crippen LogP contribution in [0.1, 0.15) is 51.3 Å². The SMILES string of the molecule is CCC(CC)n1ccc(CNC2CCCNC2=O)n1. The van der Waals surface area contributed by atoms with Crippen LogP contribution < -0.4 is 10.6 Å². The number of aromatic nitrogens is 2. The molecule has 5 heteroatoms. The normalized spacial score (nSPS) is 19.7. The molecular formula is C14H24N4O.